The van der Waals surface area contributed by atoms with Gasteiger partial charge in [-0.05, 0) is 25.0 Å². The number of amides is 1. The Labute approximate surface area is 126 Å². The van der Waals surface area contributed by atoms with Crippen LogP contribution in [0.3, 0.4) is 0 Å². The predicted octanol–water partition coefficient (Wildman–Crippen LogP) is 2.04. The van der Waals surface area contributed by atoms with Gasteiger partial charge in [-0.3, -0.25) is 4.79 Å². The van der Waals surface area contributed by atoms with E-state index in [0.717, 1.165) is 44.8 Å². The molecule has 21 heavy (non-hydrogen) atoms. The van der Waals surface area contributed by atoms with Gasteiger partial charge in [0.25, 0.3) is 0 Å². The van der Waals surface area contributed by atoms with Crippen molar-refractivity contribution in [1.82, 2.24) is 9.88 Å². The Bertz CT molecular complexity index is 508. The average Bonchev–Trinajstić information content (AvgIpc) is 2.56. The van der Waals surface area contributed by atoms with Gasteiger partial charge in [-0.15, -0.1) is 0 Å². The number of rotatable bonds is 4. The molecule has 5 nitrogen and oxygen atoms in total. The summed E-state index contributed by atoms with van der Waals surface area (Å²) in [6.45, 7) is 7.23. The largest absolute Gasteiger partial charge is 0.353 e. The van der Waals surface area contributed by atoms with Crippen LogP contribution in [0.15, 0.2) is 18.3 Å². The lowest BCUT2D eigenvalue weighted by molar-refractivity contribution is -0.136. The normalized spacial score (nSPS) is 15.1. The maximum atomic E-state index is 12.3. The van der Waals surface area contributed by atoms with Gasteiger partial charge in [-0.25, -0.2) is 4.98 Å². The van der Waals surface area contributed by atoms with Crippen molar-refractivity contribution in [2.24, 2.45) is 5.92 Å². The Morgan fingerprint density at radius 1 is 1.29 bits per heavy atom. The van der Waals surface area contributed by atoms with Crippen molar-refractivity contribution in [2.75, 3.05) is 31.1 Å². The van der Waals surface area contributed by atoms with Gasteiger partial charge in [-0.2, -0.15) is 5.26 Å². The Balaban J connectivity index is 1.93. The van der Waals surface area contributed by atoms with Gasteiger partial charge in [0.1, 0.15) is 11.9 Å². The molecule has 0 radical (unpaired) electrons. The van der Waals surface area contributed by atoms with Crippen LogP contribution in [-0.2, 0) is 4.79 Å². The summed E-state index contributed by atoms with van der Waals surface area (Å²) in [7, 11) is 0. The molecule has 1 aliphatic rings. The monoisotopic (exact) mass is 286 g/mol. The zero-order valence-corrected chi connectivity index (χ0v) is 12.7. The van der Waals surface area contributed by atoms with Crippen LogP contribution < -0.4 is 4.90 Å². The van der Waals surface area contributed by atoms with Gasteiger partial charge in [-0.1, -0.05) is 13.8 Å². The lowest BCUT2D eigenvalue weighted by Crippen LogP contribution is -2.50. The van der Waals surface area contributed by atoms with E-state index in [9.17, 15) is 4.79 Å². The molecule has 1 saturated heterocycles. The average molecular weight is 286 g/mol. The molecule has 1 aliphatic heterocycles. The van der Waals surface area contributed by atoms with Gasteiger partial charge in [0.05, 0.1) is 5.56 Å². The molecule has 1 fully saturated rings. The van der Waals surface area contributed by atoms with Gasteiger partial charge in [0.2, 0.25) is 5.91 Å². The molecule has 0 unspecified atom stereocenters. The Hall–Kier alpha value is -2.09. The molecule has 112 valence electrons. The first kappa shape index (κ1) is 15.3. The number of aromatic nitrogens is 1. The molecule has 0 spiro atoms. The minimum atomic E-state index is 0.157. The topological polar surface area (TPSA) is 60.2 Å². The third-order valence-electron chi connectivity index (χ3n) is 4.13. The van der Waals surface area contributed by atoms with Crippen molar-refractivity contribution < 1.29 is 4.79 Å². The lowest BCUT2D eigenvalue weighted by atomic mass is 10.0. The Morgan fingerprint density at radius 2 is 1.95 bits per heavy atom. The molecule has 1 amide bonds. The van der Waals surface area contributed by atoms with Crippen molar-refractivity contribution in [3.8, 4) is 6.07 Å². The van der Waals surface area contributed by atoms with Crippen LogP contribution in [0.1, 0.15) is 32.3 Å². The van der Waals surface area contributed by atoms with Crippen LogP contribution in [0.5, 0.6) is 0 Å². The van der Waals surface area contributed by atoms with Crippen LogP contribution in [0.4, 0.5) is 5.82 Å². The van der Waals surface area contributed by atoms with Crippen molar-refractivity contribution in [3.63, 3.8) is 0 Å². The fourth-order valence-corrected chi connectivity index (χ4v) is 2.69. The van der Waals surface area contributed by atoms with E-state index in [4.69, 9.17) is 5.26 Å². The highest BCUT2D eigenvalue weighted by Crippen LogP contribution is 2.17. The first-order chi connectivity index (χ1) is 10.2. The molecular formula is C16H22N4O. The molecule has 0 aromatic carbocycles. The van der Waals surface area contributed by atoms with Crippen LogP contribution >= 0.6 is 0 Å². The Morgan fingerprint density at radius 3 is 2.43 bits per heavy atom. The number of carbonyl (C=O) groups is 1. The number of hydrogen-bond acceptors (Lipinski definition) is 4. The van der Waals surface area contributed by atoms with E-state index in [1.807, 2.05) is 11.0 Å². The summed E-state index contributed by atoms with van der Waals surface area (Å²) in [6.07, 6.45) is 3.41. The zero-order chi connectivity index (χ0) is 15.2. The second-order valence-electron chi connectivity index (χ2n) is 5.34. The lowest BCUT2D eigenvalue weighted by Gasteiger charge is -2.36. The SMILES string of the molecule is CCC(CC)C(=O)N1CCN(c2ccc(C#N)cn2)CC1. The maximum absolute atomic E-state index is 12.3. The number of piperazine rings is 1. The van der Waals surface area contributed by atoms with Crippen molar-refractivity contribution in [3.05, 3.63) is 23.9 Å². The van der Waals surface area contributed by atoms with E-state index in [0.29, 0.717) is 5.56 Å². The molecule has 0 aliphatic carbocycles. The van der Waals surface area contributed by atoms with E-state index < -0.39 is 0 Å². The summed E-state index contributed by atoms with van der Waals surface area (Å²) in [4.78, 5) is 20.8. The highest BCUT2D eigenvalue weighted by molar-refractivity contribution is 5.79. The molecule has 0 saturated carbocycles. The highest BCUT2D eigenvalue weighted by atomic mass is 16.2. The van der Waals surface area contributed by atoms with Crippen LogP contribution in [0.2, 0.25) is 0 Å². The van der Waals surface area contributed by atoms with Crippen LogP contribution in [0.25, 0.3) is 0 Å². The number of carbonyl (C=O) groups excluding carboxylic acids is 1. The summed E-state index contributed by atoms with van der Waals surface area (Å²) < 4.78 is 0. The molecular weight excluding hydrogens is 264 g/mol. The standard InChI is InChI=1S/C16H22N4O/c1-3-14(4-2)16(21)20-9-7-19(8-10-20)15-6-5-13(11-17)12-18-15/h5-6,12,14H,3-4,7-10H2,1-2H3. The van der Waals surface area contributed by atoms with Crippen molar-refractivity contribution in [2.45, 2.75) is 26.7 Å². The minimum absolute atomic E-state index is 0.157. The summed E-state index contributed by atoms with van der Waals surface area (Å²) >= 11 is 0. The van der Waals surface area contributed by atoms with Crippen molar-refractivity contribution in [1.29, 1.82) is 5.26 Å². The summed E-state index contributed by atoms with van der Waals surface area (Å²) in [5.41, 5.74) is 0.571. The zero-order valence-electron chi connectivity index (χ0n) is 12.7. The quantitative estimate of drug-likeness (QED) is 0.850. The number of nitrogens with zero attached hydrogens (tertiary/aromatic N) is 4. The first-order valence-corrected chi connectivity index (χ1v) is 7.59. The third-order valence-corrected chi connectivity index (χ3v) is 4.13. The summed E-state index contributed by atoms with van der Waals surface area (Å²) in [6, 6.07) is 5.72. The second kappa shape index (κ2) is 7.07. The van der Waals surface area contributed by atoms with E-state index in [1.165, 1.54) is 0 Å². The minimum Gasteiger partial charge on any atom is -0.353 e. The molecule has 5 heteroatoms. The first-order valence-electron chi connectivity index (χ1n) is 7.59. The van der Waals surface area contributed by atoms with Crippen LogP contribution in [-0.4, -0.2) is 42.0 Å². The van der Waals surface area contributed by atoms with E-state index in [1.54, 1.807) is 12.3 Å². The number of nitriles is 1. The van der Waals surface area contributed by atoms with E-state index >= 15 is 0 Å². The molecule has 2 heterocycles. The molecule has 2 rings (SSSR count). The predicted molar refractivity (Wildman–Crippen MR) is 81.8 cm³/mol. The second-order valence-corrected chi connectivity index (χ2v) is 5.34. The molecule has 0 bridgehead atoms. The third kappa shape index (κ3) is 3.52. The molecule has 0 atom stereocenters. The number of anilines is 1. The smallest absolute Gasteiger partial charge is 0.225 e. The molecule has 1 aromatic heterocycles. The number of pyridine rings is 1. The van der Waals surface area contributed by atoms with Gasteiger partial charge in [0.15, 0.2) is 0 Å². The van der Waals surface area contributed by atoms with Crippen molar-refractivity contribution >= 4 is 11.7 Å². The van der Waals surface area contributed by atoms with E-state index in [-0.39, 0.29) is 11.8 Å². The van der Waals surface area contributed by atoms with E-state index in [2.05, 4.69) is 29.8 Å². The van der Waals surface area contributed by atoms with Gasteiger partial charge in [0, 0.05) is 38.3 Å². The fraction of sp³-hybridized carbons (Fsp3) is 0.562. The molecule has 0 N–H and O–H groups in total. The van der Waals surface area contributed by atoms with Gasteiger partial charge >= 0.3 is 0 Å². The number of hydrogen-bond donors (Lipinski definition) is 0. The van der Waals surface area contributed by atoms with Crippen LogP contribution in [0, 0.1) is 17.2 Å². The molecule has 1 aromatic rings. The summed E-state index contributed by atoms with van der Waals surface area (Å²) in [5.74, 6) is 1.32. The Kier molecular flexibility index (Phi) is 5.15. The summed E-state index contributed by atoms with van der Waals surface area (Å²) in [5, 5.41) is 8.79. The van der Waals surface area contributed by atoms with Gasteiger partial charge < -0.3 is 9.80 Å². The maximum Gasteiger partial charge on any atom is 0.225 e. The highest BCUT2D eigenvalue weighted by Gasteiger charge is 2.25. The fourth-order valence-electron chi connectivity index (χ4n) is 2.69.